The van der Waals surface area contributed by atoms with E-state index in [0.717, 1.165) is 29.4 Å². The maximum absolute atomic E-state index is 12.9. The van der Waals surface area contributed by atoms with Gasteiger partial charge in [0.25, 0.3) is 0 Å². The number of rotatable bonds is 4. The summed E-state index contributed by atoms with van der Waals surface area (Å²) < 4.78 is 38.8. The number of benzene rings is 2. The van der Waals surface area contributed by atoms with E-state index in [9.17, 15) is 13.2 Å². The molecular formula is C18H15ClF3N5. The van der Waals surface area contributed by atoms with Crippen molar-refractivity contribution in [3.8, 4) is 0 Å². The van der Waals surface area contributed by atoms with Gasteiger partial charge in [0.05, 0.1) is 16.3 Å². The van der Waals surface area contributed by atoms with Gasteiger partial charge in [0.2, 0.25) is 0 Å². The Morgan fingerprint density at radius 2 is 1.59 bits per heavy atom. The van der Waals surface area contributed by atoms with Crippen LogP contribution in [0, 0.1) is 6.92 Å². The summed E-state index contributed by atoms with van der Waals surface area (Å²) in [5.41, 5.74) is 7.27. The van der Waals surface area contributed by atoms with E-state index in [1.54, 1.807) is 0 Å². The summed E-state index contributed by atoms with van der Waals surface area (Å²) in [5.74, 6) is 0.459. The van der Waals surface area contributed by atoms with E-state index < -0.39 is 11.7 Å². The van der Waals surface area contributed by atoms with Gasteiger partial charge in [0.1, 0.15) is 12.0 Å². The molecule has 0 bridgehead atoms. The molecule has 0 radical (unpaired) electrons. The molecule has 1 aromatic heterocycles. The van der Waals surface area contributed by atoms with Gasteiger partial charge in [-0.05, 0) is 37.3 Å². The molecule has 0 fully saturated rings. The van der Waals surface area contributed by atoms with E-state index in [-0.39, 0.29) is 22.2 Å². The normalized spacial score (nSPS) is 11.3. The second-order valence-electron chi connectivity index (χ2n) is 5.79. The van der Waals surface area contributed by atoms with Crippen LogP contribution in [0.2, 0.25) is 5.02 Å². The summed E-state index contributed by atoms with van der Waals surface area (Å²) >= 11 is 6.00. The predicted molar refractivity (Wildman–Crippen MR) is 101 cm³/mol. The van der Waals surface area contributed by atoms with Crippen LogP contribution in [0.4, 0.5) is 41.9 Å². The lowest BCUT2D eigenvalue weighted by atomic mass is 10.2. The van der Waals surface area contributed by atoms with Crippen molar-refractivity contribution in [2.75, 3.05) is 16.4 Å². The highest BCUT2D eigenvalue weighted by molar-refractivity contribution is 6.33. The van der Waals surface area contributed by atoms with Crippen molar-refractivity contribution in [2.45, 2.75) is 13.1 Å². The Balaban J connectivity index is 1.89. The summed E-state index contributed by atoms with van der Waals surface area (Å²) in [7, 11) is 0. The number of nitrogen functional groups attached to an aromatic ring is 1. The fourth-order valence-corrected chi connectivity index (χ4v) is 2.46. The molecule has 0 aliphatic rings. The molecule has 0 aliphatic heterocycles. The van der Waals surface area contributed by atoms with Crippen LogP contribution in [0.1, 0.15) is 11.1 Å². The first-order valence-corrected chi connectivity index (χ1v) is 8.20. The zero-order chi connectivity index (χ0) is 19.6. The van der Waals surface area contributed by atoms with Crippen molar-refractivity contribution in [1.82, 2.24) is 9.97 Å². The van der Waals surface area contributed by atoms with Crippen LogP contribution in [0.3, 0.4) is 0 Å². The van der Waals surface area contributed by atoms with Crippen LogP contribution < -0.4 is 16.4 Å². The summed E-state index contributed by atoms with van der Waals surface area (Å²) in [6.07, 6.45) is -3.24. The third-order valence-corrected chi connectivity index (χ3v) is 4.07. The molecule has 0 saturated heterocycles. The first kappa shape index (κ1) is 18.8. The Morgan fingerprint density at radius 1 is 0.963 bits per heavy atom. The molecular weight excluding hydrogens is 379 g/mol. The quantitative estimate of drug-likeness (QED) is 0.543. The van der Waals surface area contributed by atoms with E-state index in [4.69, 9.17) is 17.3 Å². The molecule has 4 N–H and O–H groups in total. The first-order chi connectivity index (χ1) is 12.7. The van der Waals surface area contributed by atoms with Crippen LogP contribution in [-0.2, 0) is 6.18 Å². The molecule has 1 heterocycles. The Labute approximate surface area is 158 Å². The standard InChI is InChI=1S/C18H15ClF3N5/c1-10-2-5-12(6-3-10)26-16-15(23)17(25-9-24-16)27-14-8-11(18(20,21)22)4-7-13(14)19/h2-9H,23H2,1H3,(H2,24,25,26,27). The highest BCUT2D eigenvalue weighted by atomic mass is 35.5. The van der Waals surface area contributed by atoms with Gasteiger partial charge >= 0.3 is 6.18 Å². The second-order valence-corrected chi connectivity index (χ2v) is 6.20. The second kappa shape index (κ2) is 7.32. The van der Waals surface area contributed by atoms with E-state index in [1.807, 2.05) is 31.2 Å². The summed E-state index contributed by atoms with van der Waals surface area (Å²) in [4.78, 5) is 8.07. The van der Waals surface area contributed by atoms with Crippen LogP contribution in [0.25, 0.3) is 0 Å². The van der Waals surface area contributed by atoms with E-state index in [1.165, 1.54) is 6.33 Å². The smallest absolute Gasteiger partial charge is 0.393 e. The third-order valence-electron chi connectivity index (χ3n) is 3.74. The lowest BCUT2D eigenvalue weighted by Gasteiger charge is -2.15. The average Bonchev–Trinajstić information content (AvgIpc) is 2.61. The highest BCUT2D eigenvalue weighted by Gasteiger charge is 2.31. The molecule has 0 amide bonds. The van der Waals surface area contributed by atoms with Crippen LogP contribution in [0.5, 0.6) is 0 Å². The van der Waals surface area contributed by atoms with Gasteiger partial charge in [-0.2, -0.15) is 13.2 Å². The van der Waals surface area contributed by atoms with Gasteiger partial charge in [0.15, 0.2) is 11.6 Å². The summed E-state index contributed by atoms with van der Waals surface area (Å²) in [6.45, 7) is 1.96. The first-order valence-electron chi connectivity index (χ1n) is 7.82. The minimum Gasteiger partial charge on any atom is -0.393 e. The number of alkyl halides is 3. The van der Waals surface area contributed by atoms with Crippen molar-refractivity contribution in [2.24, 2.45) is 0 Å². The van der Waals surface area contributed by atoms with Gasteiger partial charge in [-0.15, -0.1) is 0 Å². The molecule has 0 spiro atoms. The molecule has 0 saturated carbocycles. The molecule has 140 valence electrons. The molecule has 5 nitrogen and oxygen atoms in total. The number of halogens is 4. The number of hydrogen-bond donors (Lipinski definition) is 3. The Hall–Kier alpha value is -3.00. The molecule has 3 aromatic rings. The van der Waals surface area contributed by atoms with Crippen molar-refractivity contribution in [3.05, 3.63) is 64.9 Å². The summed E-state index contributed by atoms with van der Waals surface area (Å²) in [6, 6.07) is 10.5. The Morgan fingerprint density at radius 3 is 2.22 bits per heavy atom. The lowest BCUT2D eigenvalue weighted by Crippen LogP contribution is -2.08. The highest BCUT2D eigenvalue weighted by Crippen LogP contribution is 2.36. The minimum absolute atomic E-state index is 0.0400. The number of anilines is 5. The molecule has 0 aliphatic carbocycles. The largest absolute Gasteiger partial charge is 0.416 e. The average molecular weight is 394 g/mol. The molecule has 2 aromatic carbocycles. The molecule has 0 unspecified atom stereocenters. The van der Waals surface area contributed by atoms with Gasteiger partial charge < -0.3 is 16.4 Å². The number of aromatic nitrogens is 2. The van der Waals surface area contributed by atoms with Crippen molar-refractivity contribution in [1.29, 1.82) is 0 Å². The van der Waals surface area contributed by atoms with Gasteiger partial charge in [0, 0.05) is 5.69 Å². The Kier molecular flexibility index (Phi) is 5.09. The number of nitrogens with one attached hydrogen (secondary N) is 2. The topological polar surface area (TPSA) is 75.9 Å². The van der Waals surface area contributed by atoms with Crippen LogP contribution in [0.15, 0.2) is 48.8 Å². The molecule has 0 atom stereocenters. The number of hydrogen-bond acceptors (Lipinski definition) is 5. The number of nitrogens with two attached hydrogens (primary N) is 1. The zero-order valence-electron chi connectivity index (χ0n) is 14.1. The molecule has 9 heteroatoms. The van der Waals surface area contributed by atoms with Crippen molar-refractivity contribution in [3.63, 3.8) is 0 Å². The van der Waals surface area contributed by atoms with Gasteiger partial charge in [-0.1, -0.05) is 29.3 Å². The maximum Gasteiger partial charge on any atom is 0.416 e. The van der Waals surface area contributed by atoms with E-state index in [2.05, 4.69) is 20.6 Å². The molecule has 27 heavy (non-hydrogen) atoms. The van der Waals surface area contributed by atoms with Crippen molar-refractivity contribution >= 4 is 40.3 Å². The van der Waals surface area contributed by atoms with Gasteiger partial charge in [-0.3, -0.25) is 0 Å². The fraction of sp³-hybridized carbons (Fsp3) is 0.111. The van der Waals surface area contributed by atoms with Crippen LogP contribution in [-0.4, -0.2) is 9.97 Å². The monoisotopic (exact) mass is 393 g/mol. The lowest BCUT2D eigenvalue weighted by molar-refractivity contribution is -0.137. The summed E-state index contributed by atoms with van der Waals surface area (Å²) in [5, 5.41) is 5.89. The van der Waals surface area contributed by atoms with Crippen LogP contribution >= 0.6 is 11.6 Å². The maximum atomic E-state index is 12.9. The number of nitrogens with zero attached hydrogens (tertiary/aromatic N) is 2. The van der Waals surface area contributed by atoms with E-state index in [0.29, 0.717) is 5.82 Å². The zero-order valence-corrected chi connectivity index (χ0v) is 14.9. The SMILES string of the molecule is Cc1ccc(Nc2ncnc(Nc3cc(C(F)(F)F)ccc3Cl)c2N)cc1. The molecule has 3 rings (SSSR count). The minimum atomic E-state index is -4.49. The van der Waals surface area contributed by atoms with Crippen molar-refractivity contribution < 1.29 is 13.2 Å². The third kappa shape index (κ3) is 4.40. The van der Waals surface area contributed by atoms with Gasteiger partial charge in [-0.25, -0.2) is 9.97 Å². The van der Waals surface area contributed by atoms with E-state index >= 15 is 0 Å². The fourth-order valence-electron chi connectivity index (χ4n) is 2.29. The number of aryl methyl sites for hydroxylation is 1. The predicted octanol–water partition coefficient (Wildman–Crippen LogP) is 5.53. The Bertz CT molecular complexity index is 958.